The lowest BCUT2D eigenvalue weighted by molar-refractivity contribution is 0.100. The van der Waals surface area contributed by atoms with Crippen molar-refractivity contribution in [3.05, 3.63) is 35.4 Å². The molecular weight excluding hydrogens is 126 g/mol. The van der Waals surface area contributed by atoms with Gasteiger partial charge in [0.25, 0.3) is 0 Å². The molecule has 10 heavy (non-hydrogen) atoms. The molecule has 0 fully saturated rings. The number of carbonyl (C=O) groups is 1. The first-order chi connectivity index (χ1) is 4.70. The third-order valence-electron chi connectivity index (χ3n) is 1.34. The SMILES string of the molecule is Cc1ccc(C(N)=O)cc1.[HH]. The molecule has 0 saturated carbocycles. The number of hydrogen-bond donors (Lipinski definition) is 1. The maximum Gasteiger partial charge on any atom is 0.248 e. The van der Waals surface area contributed by atoms with Gasteiger partial charge in [0.05, 0.1) is 0 Å². The quantitative estimate of drug-likeness (QED) is 0.623. The van der Waals surface area contributed by atoms with E-state index >= 15 is 0 Å². The van der Waals surface area contributed by atoms with Crippen LogP contribution >= 0.6 is 0 Å². The zero-order valence-corrected chi connectivity index (χ0v) is 5.79. The zero-order valence-electron chi connectivity index (χ0n) is 5.79. The van der Waals surface area contributed by atoms with Crippen LogP contribution < -0.4 is 5.73 Å². The predicted octanol–water partition coefficient (Wildman–Crippen LogP) is 1.34. The van der Waals surface area contributed by atoms with Gasteiger partial charge < -0.3 is 5.73 Å². The molecule has 0 unspecified atom stereocenters. The van der Waals surface area contributed by atoms with E-state index in [0.29, 0.717) is 5.56 Å². The molecule has 2 N–H and O–H groups in total. The van der Waals surface area contributed by atoms with Crippen LogP contribution in [0.25, 0.3) is 0 Å². The monoisotopic (exact) mass is 137 g/mol. The Hall–Kier alpha value is -1.31. The largest absolute Gasteiger partial charge is 0.366 e. The zero-order chi connectivity index (χ0) is 7.56. The molecule has 1 aromatic carbocycles. The lowest BCUT2D eigenvalue weighted by atomic mass is 10.1. The predicted molar refractivity (Wildman–Crippen MR) is 41.8 cm³/mol. The van der Waals surface area contributed by atoms with Crippen LogP contribution in [0.3, 0.4) is 0 Å². The minimum Gasteiger partial charge on any atom is -0.366 e. The second kappa shape index (κ2) is 2.52. The molecule has 0 aliphatic carbocycles. The van der Waals surface area contributed by atoms with E-state index in [1.807, 2.05) is 19.1 Å². The molecule has 0 saturated heterocycles. The Bertz CT molecular complexity index is 243. The maximum atomic E-state index is 10.5. The van der Waals surface area contributed by atoms with Crippen molar-refractivity contribution in [2.24, 2.45) is 5.73 Å². The third-order valence-corrected chi connectivity index (χ3v) is 1.34. The molecule has 0 aliphatic heterocycles. The highest BCUT2D eigenvalue weighted by molar-refractivity contribution is 5.92. The maximum absolute atomic E-state index is 10.5. The van der Waals surface area contributed by atoms with Gasteiger partial charge in [0, 0.05) is 6.99 Å². The van der Waals surface area contributed by atoms with Gasteiger partial charge in [-0.25, -0.2) is 0 Å². The number of carbonyl (C=O) groups excluding carboxylic acids is 1. The highest BCUT2D eigenvalue weighted by Crippen LogP contribution is 2.00. The minimum atomic E-state index is -0.375. The molecule has 1 amide bonds. The second-order valence-electron chi connectivity index (χ2n) is 2.23. The summed E-state index contributed by atoms with van der Waals surface area (Å²) in [5.41, 5.74) is 6.72. The molecule has 1 rings (SSSR count). The average molecular weight is 137 g/mol. The topological polar surface area (TPSA) is 43.1 Å². The molecule has 2 nitrogen and oxygen atoms in total. The lowest BCUT2D eigenvalue weighted by Gasteiger charge is -1.93. The Labute approximate surface area is 61.1 Å². The third kappa shape index (κ3) is 1.35. The summed E-state index contributed by atoms with van der Waals surface area (Å²) >= 11 is 0. The molecular formula is C8H11NO. The average Bonchev–Trinajstić information content (AvgIpc) is 1.88. The summed E-state index contributed by atoms with van der Waals surface area (Å²) in [6.45, 7) is 1.96. The standard InChI is InChI=1S/C8H9NO.H2/c1-6-2-4-7(5-3-6)8(9)10;/h2-5H,1H3,(H2,9,10);1H. The van der Waals surface area contributed by atoms with Gasteiger partial charge in [-0.2, -0.15) is 0 Å². The number of nitrogens with two attached hydrogens (primary N) is 1. The summed E-state index contributed by atoms with van der Waals surface area (Å²) in [6.07, 6.45) is 0. The van der Waals surface area contributed by atoms with E-state index in [2.05, 4.69) is 0 Å². The van der Waals surface area contributed by atoms with Crippen LogP contribution in [0.1, 0.15) is 17.3 Å². The van der Waals surface area contributed by atoms with Crippen molar-refractivity contribution in [2.45, 2.75) is 6.92 Å². The number of amides is 1. The van der Waals surface area contributed by atoms with Crippen molar-refractivity contribution in [3.63, 3.8) is 0 Å². The molecule has 0 spiro atoms. The molecule has 0 radical (unpaired) electrons. The van der Waals surface area contributed by atoms with Crippen LogP contribution in [0.4, 0.5) is 0 Å². The van der Waals surface area contributed by atoms with Crippen molar-refractivity contribution >= 4 is 5.91 Å². The van der Waals surface area contributed by atoms with Gasteiger partial charge in [-0.3, -0.25) is 4.79 Å². The Kier molecular flexibility index (Phi) is 1.71. The van der Waals surface area contributed by atoms with Crippen molar-refractivity contribution < 1.29 is 6.22 Å². The fourth-order valence-corrected chi connectivity index (χ4v) is 0.718. The van der Waals surface area contributed by atoms with Crippen LogP contribution in [0, 0.1) is 6.92 Å². The Morgan fingerprint density at radius 3 is 2.30 bits per heavy atom. The van der Waals surface area contributed by atoms with Gasteiger partial charge in [-0.05, 0) is 19.1 Å². The molecule has 0 heterocycles. The highest BCUT2D eigenvalue weighted by Gasteiger charge is 1.95. The molecule has 2 heteroatoms. The van der Waals surface area contributed by atoms with Crippen molar-refractivity contribution in [3.8, 4) is 0 Å². The van der Waals surface area contributed by atoms with Crippen LogP contribution in [0.15, 0.2) is 24.3 Å². The number of rotatable bonds is 1. The van der Waals surface area contributed by atoms with Gasteiger partial charge in [-0.15, -0.1) is 0 Å². The summed E-state index contributed by atoms with van der Waals surface area (Å²) < 4.78 is 0. The second-order valence-corrected chi connectivity index (χ2v) is 2.23. The van der Waals surface area contributed by atoms with E-state index < -0.39 is 0 Å². The van der Waals surface area contributed by atoms with Crippen molar-refractivity contribution in [2.75, 3.05) is 0 Å². The molecule has 1 aromatic rings. The fraction of sp³-hybridized carbons (Fsp3) is 0.125. The first-order valence-corrected chi connectivity index (χ1v) is 3.06. The smallest absolute Gasteiger partial charge is 0.248 e. The van der Waals surface area contributed by atoms with E-state index in [-0.39, 0.29) is 7.33 Å². The minimum absolute atomic E-state index is 0. The van der Waals surface area contributed by atoms with Crippen LogP contribution in [0.2, 0.25) is 0 Å². The molecule has 0 aromatic heterocycles. The summed E-state index contributed by atoms with van der Waals surface area (Å²) in [5, 5.41) is 0. The van der Waals surface area contributed by atoms with Gasteiger partial charge in [0.1, 0.15) is 0 Å². The molecule has 0 atom stereocenters. The van der Waals surface area contributed by atoms with Crippen LogP contribution in [-0.4, -0.2) is 5.91 Å². The molecule has 54 valence electrons. The Balaban J connectivity index is 0.000001000. The molecule has 0 aliphatic rings. The van der Waals surface area contributed by atoms with Gasteiger partial charge >= 0.3 is 0 Å². The number of primary amides is 1. The lowest BCUT2D eigenvalue weighted by Crippen LogP contribution is -2.10. The van der Waals surface area contributed by atoms with Crippen molar-refractivity contribution in [1.29, 1.82) is 0 Å². The normalized spacial score (nSPS) is 9.30. The first-order valence-electron chi connectivity index (χ1n) is 3.06. The number of benzene rings is 1. The highest BCUT2D eigenvalue weighted by atomic mass is 16.1. The van der Waals surface area contributed by atoms with E-state index in [1.165, 1.54) is 0 Å². The summed E-state index contributed by atoms with van der Waals surface area (Å²) in [7, 11) is 0. The Morgan fingerprint density at radius 2 is 1.90 bits per heavy atom. The van der Waals surface area contributed by atoms with E-state index in [9.17, 15) is 4.79 Å². The van der Waals surface area contributed by atoms with Crippen LogP contribution in [0.5, 0.6) is 0 Å². The van der Waals surface area contributed by atoms with Crippen molar-refractivity contribution in [1.82, 2.24) is 0 Å². The van der Waals surface area contributed by atoms with Crippen LogP contribution in [-0.2, 0) is 0 Å². The van der Waals surface area contributed by atoms with Gasteiger partial charge in [0.15, 0.2) is 0 Å². The van der Waals surface area contributed by atoms with E-state index in [4.69, 9.17) is 5.73 Å². The summed E-state index contributed by atoms with van der Waals surface area (Å²) in [6, 6.07) is 7.16. The Morgan fingerprint density at radius 1 is 1.40 bits per heavy atom. The van der Waals surface area contributed by atoms with E-state index in [1.54, 1.807) is 12.1 Å². The first kappa shape index (κ1) is 6.81. The van der Waals surface area contributed by atoms with Gasteiger partial charge in [-0.1, -0.05) is 17.7 Å². The summed E-state index contributed by atoms with van der Waals surface area (Å²) in [5.74, 6) is -0.375. The van der Waals surface area contributed by atoms with Gasteiger partial charge in [0.2, 0.25) is 5.91 Å². The fourth-order valence-electron chi connectivity index (χ4n) is 0.718. The number of aryl methyl sites for hydroxylation is 1. The van der Waals surface area contributed by atoms with E-state index in [0.717, 1.165) is 5.56 Å². The molecule has 0 bridgehead atoms. The number of hydrogen-bond acceptors (Lipinski definition) is 1. The summed E-state index contributed by atoms with van der Waals surface area (Å²) in [4.78, 5) is 10.5.